The molecule has 0 bridgehead atoms. The van der Waals surface area contributed by atoms with Gasteiger partial charge in [-0.3, -0.25) is 0 Å². The van der Waals surface area contributed by atoms with E-state index >= 15 is 0 Å². The molecule has 0 N–H and O–H groups in total. The second-order valence-corrected chi connectivity index (χ2v) is 3.25. The van der Waals surface area contributed by atoms with Crippen LogP contribution in [-0.4, -0.2) is 9.38 Å². The first-order valence-electron chi connectivity index (χ1n) is 4.42. The topological polar surface area (TPSA) is 41.1 Å². The van der Waals surface area contributed by atoms with Gasteiger partial charge < -0.3 is 4.40 Å². The van der Waals surface area contributed by atoms with Crippen molar-refractivity contribution in [3.63, 3.8) is 0 Å². The van der Waals surface area contributed by atoms with Crippen molar-refractivity contribution >= 4 is 5.65 Å². The zero-order valence-electron chi connectivity index (χ0n) is 7.99. The monoisotopic (exact) mass is 225 g/mol. The van der Waals surface area contributed by atoms with Crippen LogP contribution in [0.4, 0.5) is 13.2 Å². The molecule has 0 aliphatic rings. The van der Waals surface area contributed by atoms with Gasteiger partial charge in [0, 0.05) is 12.4 Å². The predicted molar refractivity (Wildman–Crippen MR) is 49.5 cm³/mol. The molecule has 0 atom stereocenters. The van der Waals surface area contributed by atoms with Crippen molar-refractivity contribution in [3.8, 4) is 6.07 Å². The summed E-state index contributed by atoms with van der Waals surface area (Å²) < 4.78 is 38.4. The number of hydrogen-bond donors (Lipinski definition) is 0. The molecule has 2 aromatic rings. The Morgan fingerprint density at radius 1 is 1.31 bits per heavy atom. The summed E-state index contributed by atoms with van der Waals surface area (Å²) in [4.78, 5) is 4.00. The fourth-order valence-electron chi connectivity index (χ4n) is 1.38. The molecule has 0 fully saturated rings. The van der Waals surface area contributed by atoms with Gasteiger partial charge in [0.05, 0.1) is 23.7 Å². The second kappa shape index (κ2) is 3.52. The highest BCUT2D eigenvalue weighted by molar-refractivity contribution is 5.42. The zero-order valence-corrected chi connectivity index (χ0v) is 7.99. The summed E-state index contributed by atoms with van der Waals surface area (Å²) in [6, 6.07) is 4.14. The molecule has 2 heterocycles. The summed E-state index contributed by atoms with van der Waals surface area (Å²) in [5.41, 5.74) is 0.126. The normalized spacial score (nSPS) is 11.6. The molecule has 0 saturated heterocycles. The van der Waals surface area contributed by atoms with Gasteiger partial charge in [0.2, 0.25) is 0 Å². The van der Waals surface area contributed by atoms with Crippen molar-refractivity contribution in [2.75, 3.05) is 0 Å². The molecule has 0 saturated carbocycles. The smallest absolute Gasteiger partial charge is 0.306 e. The molecule has 82 valence electrons. The lowest BCUT2D eigenvalue weighted by molar-refractivity contribution is -0.137. The number of hydrogen-bond acceptors (Lipinski definition) is 2. The molecule has 0 aromatic carbocycles. The van der Waals surface area contributed by atoms with Crippen LogP contribution in [0.2, 0.25) is 0 Å². The summed E-state index contributed by atoms with van der Waals surface area (Å²) in [7, 11) is 0. The summed E-state index contributed by atoms with van der Waals surface area (Å²) in [6.45, 7) is 0. The fourth-order valence-corrected chi connectivity index (χ4v) is 1.38. The minimum Gasteiger partial charge on any atom is -0.306 e. The van der Waals surface area contributed by atoms with Gasteiger partial charge in [0.15, 0.2) is 0 Å². The number of fused-ring (bicyclic) bond motifs is 1. The van der Waals surface area contributed by atoms with E-state index in [1.807, 2.05) is 6.07 Å². The number of alkyl halides is 3. The number of pyridine rings is 1. The lowest BCUT2D eigenvalue weighted by atomic mass is 10.3. The molecular formula is C10H6F3N3. The van der Waals surface area contributed by atoms with Crippen LogP contribution >= 0.6 is 0 Å². The number of imidazole rings is 1. The molecule has 0 aliphatic carbocycles. The largest absolute Gasteiger partial charge is 0.417 e. The van der Waals surface area contributed by atoms with Crippen LogP contribution < -0.4 is 0 Å². The molecule has 2 aromatic heterocycles. The van der Waals surface area contributed by atoms with Crippen molar-refractivity contribution in [2.45, 2.75) is 12.6 Å². The first-order chi connectivity index (χ1) is 7.50. The van der Waals surface area contributed by atoms with Crippen molar-refractivity contribution in [3.05, 3.63) is 35.8 Å². The van der Waals surface area contributed by atoms with Crippen LogP contribution in [0.15, 0.2) is 24.5 Å². The van der Waals surface area contributed by atoms with E-state index in [1.54, 1.807) is 0 Å². The highest BCUT2D eigenvalue weighted by atomic mass is 19.4. The minimum atomic E-state index is -4.37. The first kappa shape index (κ1) is 10.5. The number of nitrogens with zero attached hydrogens (tertiary/aromatic N) is 3. The molecule has 0 spiro atoms. The number of aromatic nitrogens is 2. The van der Waals surface area contributed by atoms with Gasteiger partial charge in [-0.15, -0.1) is 0 Å². The summed E-state index contributed by atoms with van der Waals surface area (Å²) >= 11 is 0. The predicted octanol–water partition coefficient (Wildman–Crippen LogP) is 2.42. The molecule has 6 heteroatoms. The molecule has 16 heavy (non-hydrogen) atoms. The van der Waals surface area contributed by atoms with Gasteiger partial charge in [0.1, 0.15) is 5.65 Å². The van der Waals surface area contributed by atoms with Gasteiger partial charge in [-0.1, -0.05) is 0 Å². The van der Waals surface area contributed by atoms with Gasteiger partial charge in [0.25, 0.3) is 0 Å². The van der Waals surface area contributed by atoms with Crippen molar-refractivity contribution in [1.82, 2.24) is 9.38 Å². The Balaban J connectivity index is 2.51. The van der Waals surface area contributed by atoms with Crippen LogP contribution in [0.3, 0.4) is 0 Å². The van der Waals surface area contributed by atoms with E-state index < -0.39 is 11.7 Å². The van der Waals surface area contributed by atoms with Crippen LogP contribution in [0.1, 0.15) is 11.3 Å². The van der Waals surface area contributed by atoms with E-state index in [-0.39, 0.29) is 6.42 Å². The SMILES string of the molecule is N#CCc1cn2cc(C(F)(F)F)ccc2n1. The van der Waals surface area contributed by atoms with Crippen molar-refractivity contribution in [2.24, 2.45) is 0 Å². The van der Waals surface area contributed by atoms with E-state index in [0.29, 0.717) is 11.3 Å². The van der Waals surface area contributed by atoms with Crippen molar-refractivity contribution < 1.29 is 13.2 Å². The maximum absolute atomic E-state index is 12.4. The Kier molecular flexibility index (Phi) is 2.31. The molecule has 0 aliphatic heterocycles. The first-order valence-corrected chi connectivity index (χ1v) is 4.42. The third-order valence-electron chi connectivity index (χ3n) is 2.09. The average Bonchev–Trinajstić information content (AvgIpc) is 2.57. The van der Waals surface area contributed by atoms with Crippen LogP contribution in [0, 0.1) is 11.3 Å². The summed E-state index contributed by atoms with van der Waals surface area (Å²) in [5.74, 6) is 0. The lowest BCUT2D eigenvalue weighted by Crippen LogP contribution is -2.05. The Morgan fingerprint density at radius 3 is 2.69 bits per heavy atom. The molecule has 0 unspecified atom stereocenters. The van der Waals surface area contributed by atoms with E-state index in [4.69, 9.17) is 5.26 Å². The van der Waals surface area contributed by atoms with Crippen LogP contribution in [0.5, 0.6) is 0 Å². The molecule has 3 nitrogen and oxygen atoms in total. The Hall–Kier alpha value is -2.03. The summed E-state index contributed by atoms with van der Waals surface area (Å²) in [5, 5.41) is 8.45. The third-order valence-corrected chi connectivity index (χ3v) is 2.09. The Morgan fingerprint density at radius 2 is 2.06 bits per heavy atom. The fraction of sp³-hybridized carbons (Fsp3) is 0.200. The van der Waals surface area contributed by atoms with Crippen molar-refractivity contribution in [1.29, 1.82) is 5.26 Å². The van der Waals surface area contributed by atoms with Gasteiger partial charge in [-0.2, -0.15) is 18.4 Å². The van der Waals surface area contributed by atoms with Crippen LogP contribution in [-0.2, 0) is 12.6 Å². The minimum absolute atomic E-state index is 0.0863. The average molecular weight is 225 g/mol. The van der Waals surface area contributed by atoms with E-state index in [1.165, 1.54) is 16.7 Å². The van der Waals surface area contributed by atoms with E-state index in [9.17, 15) is 13.2 Å². The van der Waals surface area contributed by atoms with Crippen LogP contribution in [0.25, 0.3) is 5.65 Å². The standard InChI is InChI=1S/C10H6F3N3/c11-10(12,13)7-1-2-9-15-8(3-4-14)6-16(9)5-7/h1-2,5-6H,3H2. The molecule has 0 amide bonds. The van der Waals surface area contributed by atoms with Gasteiger partial charge in [-0.25, -0.2) is 4.98 Å². The lowest BCUT2D eigenvalue weighted by Gasteiger charge is -2.05. The molecular weight excluding hydrogens is 219 g/mol. The van der Waals surface area contributed by atoms with Gasteiger partial charge >= 0.3 is 6.18 Å². The maximum Gasteiger partial charge on any atom is 0.417 e. The van der Waals surface area contributed by atoms with Gasteiger partial charge in [-0.05, 0) is 12.1 Å². The van der Waals surface area contributed by atoms with E-state index in [0.717, 1.165) is 12.3 Å². The Labute approximate surface area is 88.8 Å². The molecule has 0 radical (unpaired) electrons. The second-order valence-electron chi connectivity index (χ2n) is 3.25. The third kappa shape index (κ3) is 1.84. The molecule has 2 rings (SSSR count). The maximum atomic E-state index is 12.4. The number of halogens is 3. The van der Waals surface area contributed by atoms with E-state index in [2.05, 4.69) is 4.98 Å². The highest BCUT2D eigenvalue weighted by Crippen LogP contribution is 2.29. The summed E-state index contributed by atoms with van der Waals surface area (Å²) in [6.07, 6.45) is -1.89. The Bertz CT molecular complexity index is 563. The zero-order chi connectivity index (χ0) is 11.8. The quantitative estimate of drug-likeness (QED) is 0.747. The highest BCUT2D eigenvalue weighted by Gasteiger charge is 2.30. The number of nitriles is 1. The number of rotatable bonds is 1.